The minimum absolute atomic E-state index is 0.103. The van der Waals surface area contributed by atoms with Crippen LogP contribution in [0.15, 0.2) is 18.2 Å². The molecule has 1 aliphatic rings. The molecule has 0 spiro atoms. The van der Waals surface area contributed by atoms with Crippen LogP contribution in [0.4, 0.5) is 10.1 Å². The molecule has 0 heterocycles. The van der Waals surface area contributed by atoms with Gasteiger partial charge in [-0.15, -0.1) is 0 Å². The maximum Gasteiger partial charge on any atom is 0.123 e. The van der Waals surface area contributed by atoms with Gasteiger partial charge in [0, 0.05) is 24.3 Å². The van der Waals surface area contributed by atoms with Gasteiger partial charge in [-0.2, -0.15) is 0 Å². The van der Waals surface area contributed by atoms with Crippen LogP contribution < -0.4 is 10.6 Å². The minimum atomic E-state index is -0.256. The lowest BCUT2D eigenvalue weighted by molar-refractivity contribution is 0.289. The Bertz CT molecular complexity index is 430. The van der Waals surface area contributed by atoms with Gasteiger partial charge in [0.25, 0.3) is 0 Å². The lowest BCUT2D eigenvalue weighted by Crippen LogP contribution is -2.39. The fourth-order valence-electron chi connectivity index (χ4n) is 3.15. The van der Waals surface area contributed by atoms with Crippen LogP contribution in [0.2, 0.25) is 0 Å². The van der Waals surface area contributed by atoms with Crippen LogP contribution in [0, 0.1) is 5.82 Å². The summed E-state index contributed by atoms with van der Waals surface area (Å²) in [6, 6.07) is 5.02. The number of anilines is 1. The van der Waals surface area contributed by atoms with Crippen LogP contribution in [0.5, 0.6) is 0 Å². The summed E-state index contributed by atoms with van der Waals surface area (Å²) < 4.78 is 13.5. The molecule has 0 bridgehead atoms. The molecule has 0 aromatic heterocycles. The molecule has 0 saturated heterocycles. The van der Waals surface area contributed by atoms with Crippen molar-refractivity contribution < 1.29 is 9.50 Å². The van der Waals surface area contributed by atoms with Gasteiger partial charge in [-0.3, -0.25) is 0 Å². The summed E-state index contributed by atoms with van der Waals surface area (Å²) in [4.78, 5) is 2.22. The Morgan fingerprint density at radius 1 is 1.35 bits per heavy atom. The molecule has 112 valence electrons. The number of aliphatic hydroxyl groups excluding tert-OH is 1. The van der Waals surface area contributed by atoms with Crippen molar-refractivity contribution in [3.63, 3.8) is 0 Å². The lowest BCUT2D eigenvalue weighted by atomic mass is 9.93. The molecule has 2 rings (SSSR count). The van der Waals surface area contributed by atoms with E-state index >= 15 is 0 Å². The Morgan fingerprint density at radius 3 is 2.65 bits per heavy atom. The molecule has 0 aliphatic heterocycles. The number of nitrogens with zero attached hydrogens (tertiary/aromatic N) is 1. The molecule has 1 saturated carbocycles. The number of rotatable bonds is 5. The maximum atomic E-state index is 13.5. The van der Waals surface area contributed by atoms with E-state index < -0.39 is 0 Å². The summed E-state index contributed by atoms with van der Waals surface area (Å²) in [5, 5.41) is 9.37. The van der Waals surface area contributed by atoms with E-state index in [1.807, 2.05) is 6.92 Å². The van der Waals surface area contributed by atoms with Crippen LogP contribution in [-0.4, -0.2) is 24.3 Å². The van der Waals surface area contributed by atoms with Crippen molar-refractivity contribution in [1.82, 2.24) is 0 Å². The van der Waals surface area contributed by atoms with E-state index in [1.165, 1.54) is 31.4 Å². The van der Waals surface area contributed by atoms with Crippen molar-refractivity contribution in [2.24, 2.45) is 5.73 Å². The van der Waals surface area contributed by atoms with Crippen molar-refractivity contribution in [2.45, 2.75) is 51.1 Å². The standard InChI is InChI=1S/C16H25FN2O/c1-12(18)15-11-13(17)7-8-16(15)19(9-10-20)14-5-3-2-4-6-14/h7-8,11-12,14,20H,2-6,9-10,18H2,1H3. The van der Waals surface area contributed by atoms with Gasteiger partial charge in [-0.05, 0) is 43.5 Å². The van der Waals surface area contributed by atoms with Gasteiger partial charge in [0.05, 0.1) is 6.61 Å². The Morgan fingerprint density at radius 2 is 2.05 bits per heavy atom. The Hall–Kier alpha value is -1.13. The molecule has 1 fully saturated rings. The molecule has 20 heavy (non-hydrogen) atoms. The lowest BCUT2D eigenvalue weighted by Gasteiger charge is -2.37. The summed E-state index contributed by atoms with van der Waals surface area (Å²) in [6.07, 6.45) is 6.00. The van der Waals surface area contributed by atoms with E-state index in [2.05, 4.69) is 4.90 Å². The van der Waals surface area contributed by atoms with E-state index in [0.29, 0.717) is 12.6 Å². The second kappa shape index (κ2) is 7.04. The van der Waals surface area contributed by atoms with Crippen LogP contribution >= 0.6 is 0 Å². The monoisotopic (exact) mass is 280 g/mol. The molecule has 1 aromatic rings. The van der Waals surface area contributed by atoms with Crippen molar-refractivity contribution in [3.05, 3.63) is 29.6 Å². The zero-order valence-corrected chi connectivity index (χ0v) is 12.2. The molecule has 3 nitrogen and oxygen atoms in total. The highest BCUT2D eigenvalue weighted by Gasteiger charge is 2.23. The number of aliphatic hydroxyl groups is 1. The second-order valence-electron chi connectivity index (χ2n) is 5.70. The molecule has 0 amide bonds. The first kappa shape index (κ1) is 15.3. The van der Waals surface area contributed by atoms with Crippen LogP contribution in [-0.2, 0) is 0 Å². The van der Waals surface area contributed by atoms with Gasteiger partial charge < -0.3 is 15.7 Å². The predicted octanol–water partition coefficient (Wildman–Crippen LogP) is 2.98. The summed E-state index contributed by atoms with van der Waals surface area (Å²) >= 11 is 0. The molecule has 4 heteroatoms. The van der Waals surface area contributed by atoms with Crippen LogP contribution in [0.25, 0.3) is 0 Å². The third kappa shape index (κ3) is 3.49. The van der Waals surface area contributed by atoms with Crippen molar-refractivity contribution >= 4 is 5.69 Å². The van der Waals surface area contributed by atoms with E-state index in [4.69, 9.17) is 5.73 Å². The molecule has 1 aromatic carbocycles. The average molecular weight is 280 g/mol. The zero-order chi connectivity index (χ0) is 14.5. The molecular formula is C16H25FN2O. The first-order valence-corrected chi connectivity index (χ1v) is 7.56. The third-order valence-corrected chi connectivity index (χ3v) is 4.15. The van der Waals surface area contributed by atoms with Crippen LogP contribution in [0.3, 0.4) is 0 Å². The Kier molecular flexibility index (Phi) is 5.38. The first-order valence-electron chi connectivity index (χ1n) is 7.56. The SMILES string of the molecule is CC(N)c1cc(F)ccc1N(CCO)C1CCCCC1. The van der Waals surface area contributed by atoms with E-state index in [0.717, 1.165) is 24.1 Å². The highest BCUT2D eigenvalue weighted by atomic mass is 19.1. The Labute approximate surface area is 120 Å². The number of halogens is 1. The number of hydrogen-bond donors (Lipinski definition) is 2. The number of benzene rings is 1. The highest BCUT2D eigenvalue weighted by molar-refractivity contribution is 5.56. The van der Waals surface area contributed by atoms with E-state index in [9.17, 15) is 9.50 Å². The number of hydrogen-bond acceptors (Lipinski definition) is 3. The zero-order valence-electron chi connectivity index (χ0n) is 12.2. The van der Waals surface area contributed by atoms with E-state index in [1.54, 1.807) is 6.07 Å². The minimum Gasteiger partial charge on any atom is -0.395 e. The summed E-state index contributed by atoms with van der Waals surface area (Å²) in [6.45, 7) is 2.55. The van der Waals surface area contributed by atoms with Gasteiger partial charge in [0.2, 0.25) is 0 Å². The normalized spacial score (nSPS) is 18.0. The predicted molar refractivity (Wildman–Crippen MR) is 80.3 cm³/mol. The smallest absolute Gasteiger partial charge is 0.123 e. The maximum absolute atomic E-state index is 13.5. The Balaban J connectivity index is 2.32. The summed E-state index contributed by atoms with van der Waals surface area (Å²) in [7, 11) is 0. The van der Waals surface area contributed by atoms with Crippen molar-refractivity contribution in [2.75, 3.05) is 18.1 Å². The van der Waals surface area contributed by atoms with Gasteiger partial charge in [0.1, 0.15) is 5.82 Å². The fourth-order valence-corrected chi connectivity index (χ4v) is 3.15. The quantitative estimate of drug-likeness (QED) is 0.871. The van der Waals surface area contributed by atoms with Gasteiger partial charge in [0.15, 0.2) is 0 Å². The largest absolute Gasteiger partial charge is 0.395 e. The van der Waals surface area contributed by atoms with Gasteiger partial charge >= 0.3 is 0 Å². The van der Waals surface area contributed by atoms with Crippen molar-refractivity contribution in [3.8, 4) is 0 Å². The second-order valence-corrected chi connectivity index (χ2v) is 5.70. The molecule has 1 aliphatic carbocycles. The summed E-state index contributed by atoms with van der Waals surface area (Å²) in [5.74, 6) is -0.256. The number of nitrogens with two attached hydrogens (primary N) is 1. The topological polar surface area (TPSA) is 49.5 Å². The first-order chi connectivity index (χ1) is 9.63. The van der Waals surface area contributed by atoms with Gasteiger partial charge in [-0.1, -0.05) is 19.3 Å². The average Bonchev–Trinajstić information content (AvgIpc) is 2.46. The van der Waals surface area contributed by atoms with Crippen molar-refractivity contribution in [1.29, 1.82) is 0 Å². The van der Waals surface area contributed by atoms with E-state index in [-0.39, 0.29) is 18.5 Å². The van der Waals surface area contributed by atoms with Gasteiger partial charge in [-0.25, -0.2) is 4.39 Å². The summed E-state index contributed by atoms with van der Waals surface area (Å²) in [5.41, 5.74) is 7.79. The highest BCUT2D eigenvalue weighted by Crippen LogP contribution is 2.32. The molecule has 0 radical (unpaired) electrons. The molecule has 1 unspecified atom stereocenters. The molecule has 1 atom stereocenters. The van der Waals surface area contributed by atoms with Crippen LogP contribution in [0.1, 0.15) is 50.6 Å². The molecule has 3 N–H and O–H groups in total. The third-order valence-electron chi connectivity index (χ3n) is 4.15. The fraction of sp³-hybridized carbons (Fsp3) is 0.625. The molecular weight excluding hydrogens is 255 g/mol.